The Labute approximate surface area is 130 Å². The Morgan fingerprint density at radius 2 is 2.30 bits per heavy atom. The molecule has 0 aromatic heterocycles. The van der Waals surface area contributed by atoms with Gasteiger partial charge in [0.1, 0.15) is 5.56 Å². The maximum Gasteiger partial charge on any atom is 0.283 e. The summed E-state index contributed by atoms with van der Waals surface area (Å²) in [4.78, 5) is 24.7. The molecule has 1 unspecified atom stereocenters. The Morgan fingerprint density at radius 1 is 1.55 bits per heavy atom. The second-order valence-corrected chi connectivity index (χ2v) is 5.86. The molecule has 108 valence electrons. The van der Waals surface area contributed by atoms with Crippen LogP contribution in [0, 0.1) is 16.0 Å². The molecule has 1 aromatic rings. The first kappa shape index (κ1) is 15.3. The van der Waals surface area contributed by atoms with Gasteiger partial charge >= 0.3 is 0 Å². The molecule has 1 aliphatic rings. The number of carbonyl (C=O) groups excluding carboxylic acids is 1. The van der Waals surface area contributed by atoms with E-state index >= 15 is 0 Å². The molecular formula is C13H14BrClN2O3. The van der Waals surface area contributed by atoms with Crippen molar-refractivity contribution >= 4 is 39.1 Å². The fourth-order valence-corrected chi connectivity index (χ4v) is 3.19. The number of amides is 1. The highest BCUT2D eigenvalue weighted by Crippen LogP contribution is 2.29. The minimum Gasteiger partial charge on any atom is -0.338 e. The van der Waals surface area contributed by atoms with Crippen molar-refractivity contribution < 1.29 is 9.72 Å². The third kappa shape index (κ3) is 3.12. The molecule has 7 heteroatoms. The molecule has 1 heterocycles. The summed E-state index contributed by atoms with van der Waals surface area (Å²) in [7, 11) is 0. The Morgan fingerprint density at radius 3 is 2.95 bits per heavy atom. The summed E-state index contributed by atoms with van der Waals surface area (Å²) in [6.45, 7) is 1.22. The molecule has 1 amide bonds. The monoisotopic (exact) mass is 360 g/mol. The average Bonchev–Trinajstić information content (AvgIpc) is 2.46. The number of piperidine rings is 1. The molecule has 5 nitrogen and oxygen atoms in total. The molecule has 0 saturated carbocycles. The zero-order valence-corrected chi connectivity index (χ0v) is 13.1. The summed E-state index contributed by atoms with van der Waals surface area (Å²) < 4.78 is 0. The third-order valence-electron chi connectivity index (χ3n) is 3.43. The normalized spacial score (nSPS) is 18.9. The van der Waals surface area contributed by atoms with E-state index in [4.69, 9.17) is 11.6 Å². The van der Waals surface area contributed by atoms with Gasteiger partial charge in [-0.1, -0.05) is 33.6 Å². The van der Waals surface area contributed by atoms with Gasteiger partial charge in [-0.15, -0.1) is 0 Å². The molecule has 0 N–H and O–H groups in total. The molecule has 1 aromatic carbocycles. The summed E-state index contributed by atoms with van der Waals surface area (Å²) in [6, 6.07) is 4.30. The van der Waals surface area contributed by atoms with Crippen LogP contribution in [-0.4, -0.2) is 34.2 Å². The Hall–Kier alpha value is -1.14. The predicted molar refractivity (Wildman–Crippen MR) is 80.5 cm³/mol. The van der Waals surface area contributed by atoms with Crippen LogP contribution >= 0.6 is 27.5 Å². The lowest BCUT2D eigenvalue weighted by atomic mass is 9.99. The van der Waals surface area contributed by atoms with Crippen LogP contribution < -0.4 is 0 Å². The van der Waals surface area contributed by atoms with E-state index in [9.17, 15) is 14.9 Å². The molecule has 1 saturated heterocycles. The number of alkyl halides is 1. The molecule has 1 fully saturated rings. The summed E-state index contributed by atoms with van der Waals surface area (Å²) >= 11 is 9.42. The van der Waals surface area contributed by atoms with Crippen LogP contribution in [0.15, 0.2) is 18.2 Å². The third-order valence-corrected chi connectivity index (χ3v) is 4.66. The first-order valence-electron chi connectivity index (χ1n) is 6.32. The van der Waals surface area contributed by atoms with E-state index in [0.717, 1.165) is 18.2 Å². The molecule has 1 aliphatic heterocycles. The Balaban J connectivity index is 2.31. The molecular weight excluding hydrogens is 348 g/mol. The number of nitro benzene ring substituents is 1. The highest BCUT2D eigenvalue weighted by atomic mass is 79.9. The van der Waals surface area contributed by atoms with Gasteiger partial charge < -0.3 is 4.90 Å². The minimum absolute atomic E-state index is 0.00520. The SMILES string of the molecule is O=C(c1c(Cl)cccc1[N+](=O)[O-])N1CCCC(CBr)C1. The van der Waals surface area contributed by atoms with Gasteiger partial charge in [-0.3, -0.25) is 14.9 Å². The smallest absolute Gasteiger partial charge is 0.283 e. The minimum atomic E-state index is -0.564. The molecule has 2 rings (SSSR count). The van der Waals surface area contributed by atoms with Gasteiger partial charge in [-0.25, -0.2) is 0 Å². The number of halogens is 2. The largest absolute Gasteiger partial charge is 0.338 e. The van der Waals surface area contributed by atoms with E-state index in [2.05, 4.69) is 15.9 Å². The van der Waals surface area contributed by atoms with Crippen LogP contribution in [0.1, 0.15) is 23.2 Å². The number of hydrogen-bond donors (Lipinski definition) is 0. The van der Waals surface area contributed by atoms with Gasteiger partial charge in [0.15, 0.2) is 0 Å². The van der Waals surface area contributed by atoms with Gasteiger partial charge in [-0.05, 0) is 24.8 Å². The van der Waals surface area contributed by atoms with Crippen LogP contribution in [-0.2, 0) is 0 Å². The summed E-state index contributed by atoms with van der Waals surface area (Å²) in [5.74, 6) is 0.0298. The van der Waals surface area contributed by atoms with Crippen LogP contribution in [0.5, 0.6) is 0 Å². The van der Waals surface area contributed by atoms with Crippen LogP contribution in [0.4, 0.5) is 5.69 Å². The van der Waals surface area contributed by atoms with Crippen LogP contribution in [0.3, 0.4) is 0 Å². The van der Waals surface area contributed by atoms with E-state index in [1.165, 1.54) is 18.2 Å². The summed E-state index contributed by atoms with van der Waals surface area (Å²) in [5.41, 5.74) is -0.238. The van der Waals surface area contributed by atoms with Crippen LogP contribution in [0.25, 0.3) is 0 Å². The van der Waals surface area contributed by atoms with Crippen molar-refractivity contribution in [3.05, 3.63) is 38.9 Å². The fourth-order valence-electron chi connectivity index (χ4n) is 2.41. The number of nitrogens with zero attached hydrogens (tertiary/aromatic N) is 2. The molecule has 0 spiro atoms. The quantitative estimate of drug-likeness (QED) is 0.470. The summed E-state index contributed by atoms with van der Waals surface area (Å²) in [5, 5.41) is 12.0. The average molecular weight is 362 g/mol. The second kappa shape index (κ2) is 6.54. The van der Waals surface area contributed by atoms with E-state index < -0.39 is 4.92 Å². The second-order valence-electron chi connectivity index (χ2n) is 4.80. The van der Waals surface area contributed by atoms with Crippen LogP contribution in [0.2, 0.25) is 5.02 Å². The molecule has 0 radical (unpaired) electrons. The van der Waals surface area contributed by atoms with E-state index in [1.54, 1.807) is 4.90 Å². The van der Waals surface area contributed by atoms with Gasteiger partial charge in [-0.2, -0.15) is 0 Å². The van der Waals surface area contributed by atoms with Crippen molar-refractivity contribution in [2.75, 3.05) is 18.4 Å². The first-order valence-corrected chi connectivity index (χ1v) is 7.82. The van der Waals surface area contributed by atoms with Crippen molar-refractivity contribution in [3.63, 3.8) is 0 Å². The number of benzene rings is 1. The zero-order chi connectivity index (χ0) is 14.7. The zero-order valence-electron chi connectivity index (χ0n) is 10.7. The number of rotatable bonds is 3. The van der Waals surface area contributed by atoms with Crippen molar-refractivity contribution in [2.24, 2.45) is 5.92 Å². The fraction of sp³-hybridized carbons (Fsp3) is 0.462. The highest BCUT2D eigenvalue weighted by Gasteiger charge is 2.30. The lowest BCUT2D eigenvalue weighted by molar-refractivity contribution is -0.385. The first-order chi connectivity index (χ1) is 9.54. The number of nitro groups is 1. The van der Waals surface area contributed by atoms with Crippen molar-refractivity contribution in [3.8, 4) is 0 Å². The van der Waals surface area contributed by atoms with Gasteiger partial charge in [0.05, 0.1) is 9.95 Å². The maximum atomic E-state index is 12.5. The Bertz CT molecular complexity index is 538. The molecule has 20 heavy (non-hydrogen) atoms. The number of carbonyl (C=O) groups is 1. The molecule has 0 bridgehead atoms. The van der Waals surface area contributed by atoms with Crippen molar-refractivity contribution in [1.29, 1.82) is 0 Å². The van der Waals surface area contributed by atoms with E-state index in [1.807, 2.05) is 0 Å². The van der Waals surface area contributed by atoms with Gasteiger partial charge in [0.2, 0.25) is 0 Å². The summed E-state index contributed by atoms with van der Waals surface area (Å²) in [6.07, 6.45) is 1.96. The lowest BCUT2D eigenvalue weighted by Gasteiger charge is -2.32. The molecule has 1 atom stereocenters. The highest BCUT2D eigenvalue weighted by molar-refractivity contribution is 9.09. The topological polar surface area (TPSA) is 63.4 Å². The van der Waals surface area contributed by atoms with Crippen molar-refractivity contribution in [2.45, 2.75) is 12.8 Å². The van der Waals surface area contributed by atoms with E-state index in [-0.39, 0.29) is 22.2 Å². The molecule has 0 aliphatic carbocycles. The number of hydrogen-bond acceptors (Lipinski definition) is 3. The van der Waals surface area contributed by atoms with Gasteiger partial charge in [0.25, 0.3) is 11.6 Å². The lowest BCUT2D eigenvalue weighted by Crippen LogP contribution is -2.40. The standard InChI is InChI=1S/C13H14BrClN2O3/c14-7-9-3-2-6-16(8-9)13(18)12-10(15)4-1-5-11(12)17(19)20/h1,4-5,9H,2-3,6-8H2. The predicted octanol–water partition coefficient (Wildman–Crippen LogP) is 3.50. The van der Waals surface area contributed by atoms with E-state index in [0.29, 0.717) is 19.0 Å². The maximum absolute atomic E-state index is 12.5. The van der Waals surface area contributed by atoms with Gasteiger partial charge in [0, 0.05) is 24.5 Å². The van der Waals surface area contributed by atoms with Crippen molar-refractivity contribution in [1.82, 2.24) is 4.90 Å². The Kier molecular flexibility index (Phi) is 4.99. The number of likely N-dealkylation sites (tertiary alicyclic amines) is 1.